The van der Waals surface area contributed by atoms with Crippen molar-refractivity contribution in [2.45, 2.75) is 10.8 Å². The molecule has 0 saturated carbocycles. The fraction of sp³-hybridized carbons (Fsp3) is 0.111. The monoisotopic (exact) mass is 372 g/mol. The fourth-order valence-corrected chi connectivity index (χ4v) is 5.11. The van der Waals surface area contributed by atoms with Crippen LogP contribution in [0.1, 0.15) is 4.88 Å². The SMILES string of the molecule is O=[N+]([O-])c1cc(S(=O)(=O)NCc2ccc(Cl)s2)sc1Cl. The van der Waals surface area contributed by atoms with Gasteiger partial charge in [0.25, 0.3) is 15.7 Å². The molecule has 0 aliphatic rings. The van der Waals surface area contributed by atoms with E-state index in [1.54, 1.807) is 12.1 Å². The average Bonchev–Trinajstić information content (AvgIpc) is 2.93. The third-order valence-electron chi connectivity index (χ3n) is 2.17. The second-order valence-electron chi connectivity index (χ2n) is 3.51. The van der Waals surface area contributed by atoms with Crippen LogP contribution in [-0.4, -0.2) is 13.3 Å². The Morgan fingerprint density at radius 2 is 2.00 bits per heavy atom. The average molecular weight is 373 g/mol. The van der Waals surface area contributed by atoms with Gasteiger partial charge in [0.1, 0.15) is 4.21 Å². The summed E-state index contributed by atoms with van der Waals surface area (Å²) in [4.78, 5) is 10.7. The lowest BCUT2D eigenvalue weighted by Crippen LogP contribution is -2.21. The van der Waals surface area contributed by atoms with Gasteiger partial charge >= 0.3 is 0 Å². The van der Waals surface area contributed by atoms with E-state index in [9.17, 15) is 18.5 Å². The highest BCUT2D eigenvalue weighted by atomic mass is 35.5. The highest BCUT2D eigenvalue weighted by Gasteiger charge is 2.25. The van der Waals surface area contributed by atoms with Gasteiger partial charge in [-0.25, -0.2) is 13.1 Å². The Hall–Kier alpha value is -0.710. The minimum atomic E-state index is -3.84. The molecule has 0 aliphatic carbocycles. The van der Waals surface area contributed by atoms with Crippen LogP contribution in [0.3, 0.4) is 0 Å². The normalized spacial score (nSPS) is 11.7. The molecule has 0 unspecified atom stereocenters. The number of thiophene rings is 2. The van der Waals surface area contributed by atoms with E-state index in [1.807, 2.05) is 0 Å². The van der Waals surface area contributed by atoms with Crippen LogP contribution in [0.25, 0.3) is 0 Å². The molecule has 20 heavy (non-hydrogen) atoms. The van der Waals surface area contributed by atoms with Crippen LogP contribution in [-0.2, 0) is 16.6 Å². The molecule has 2 aromatic heterocycles. The first-order chi connectivity index (χ1) is 9.29. The first-order valence-electron chi connectivity index (χ1n) is 4.97. The molecular formula is C9H6Cl2N2O4S3. The summed E-state index contributed by atoms with van der Waals surface area (Å²) in [5.41, 5.74) is -0.420. The lowest BCUT2D eigenvalue weighted by Gasteiger charge is -2.01. The number of nitro groups is 1. The van der Waals surface area contributed by atoms with Crippen LogP contribution < -0.4 is 4.72 Å². The van der Waals surface area contributed by atoms with E-state index >= 15 is 0 Å². The maximum absolute atomic E-state index is 12.0. The van der Waals surface area contributed by atoms with E-state index in [0.717, 1.165) is 10.9 Å². The molecule has 2 rings (SSSR count). The van der Waals surface area contributed by atoms with E-state index in [4.69, 9.17) is 23.2 Å². The zero-order valence-corrected chi connectivity index (χ0v) is 13.5. The van der Waals surface area contributed by atoms with Gasteiger partial charge in [-0.05, 0) is 12.1 Å². The summed E-state index contributed by atoms with van der Waals surface area (Å²) in [5, 5.41) is 10.6. The molecule has 0 amide bonds. The Balaban J connectivity index is 2.18. The van der Waals surface area contributed by atoms with Crippen LogP contribution in [0.2, 0.25) is 8.67 Å². The largest absolute Gasteiger partial charge is 0.300 e. The standard InChI is InChI=1S/C9H6Cl2N2O4S3/c10-7-2-1-5(18-7)4-12-20(16,17)8-3-6(13(14)15)9(11)19-8/h1-3,12H,4H2. The minimum Gasteiger partial charge on any atom is -0.258 e. The van der Waals surface area contributed by atoms with Crippen molar-refractivity contribution < 1.29 is 13.3 Å². The summed E-state index contributed by atoms with van der Waals surface area (Å²) in [5.74, 6) is 0. The molecule has 2 aromatic rings. The van der Waals surface area contributed by atoms with Crippen molar-refractivity contribution >= 4 is 61.6 Å². The molecule has 0 saturated heterocycles. The highest BCUT2D eigenvalue weighted by molar-refractivity contribution is 7.91. The van der Waals surface area contributed by atoms with Gasteiger partial charge in [-0.3, -0.25) is 10.1 Å². The predicted octanol–water partition coefficient (Wildman–Crippen LogP) is 3.50. The Bertz CT molecular complexity index is 753. The van der Waals surface area contributed by atoms with E-state index in [-0.39, 0.29) is 15.1 Å². The van der Waals surface area contributed by atoms with Crippen molar-refractivity contribution in [1.82, 2.24) is 4.72 Å². The quantitative estimate of drug-likeness (QED) is 0.642. The van der Waals surface area contributed by atoms with Crippen LogP contribution in [0.4, 0.5) is 5.69 Å². The second-order valence-corrected chi connectivity index (χ2v) is 8.96. The maximum atomic E-state index is 12.0. The zero-order valence-electron chi connectivity index (χ0n) is 9.50. The molecule has 6 nitrogen and oxygen atoms in total. The van der Waals surface area contributed by atoms with Crippen molar-refractivity contribution in [3.8, 4) is 0 Å². The first-order valence-corrected chi connectivity index (χ1v) is 8.84. The molecule has 0 fully saturated rings. The topological polar surface area (TPSA) is 89.3 Å². The molecule has 0 atom stereocenters. The molecule has 1 N–H and O–H groups in total. The number of rotatable bonds is 5. The van der Waals surface area contributed by atoms with E-state index in [1.165, 1.54) is 11.3 Å². The van der Waals surface area contributed by atoms with Crippen LogP contribution >= 0.6 is 45.9 Å². The van der Waals surface area contributed by atoms with Crippen LogP contribution in [0.15, 0.2) is 22.4 Å². The van der Waals surface area contributed by atoms with Gasteiger partial charge in [-0.2, -0.15) is 0 Å². The molecule has 108 valence electrons. The van der Waals surface area contributed by atoms with Crippen LogP contribution in [0.5, 0.6) is 0 Å². The molecule has 0 aromatic carbocycles. The van der Waals surface area contributed by atoms with Crippen molar-refractivity contribution in [3.05, 3.63) is 41.9 Å². The predicted molar refractivity (Wildman–Crippen MR) is 79.3 cm³/mol. The number of hydrogen-bond donors (Lipinski definition) is 1. The van der Waals surface area contributed by atoms with Gasteiger partial charge in [0.05, 0.1) is 9.26 Å². The summed E-state index contributed by atoms with van der Waals surface area (Å²) in [6, 6.07) is 4.29. The Morgan fingerprint density at radius 1 is 1.30 bits per heavy atom. The highest BCUT2D eigenvalue weighted by Crippen LogP contribution is 2.36. The van der Waals surface area contributed by atoms with Crippen molar-refractivity contribution in [2.24, 2.45) is 0 Å². The summed E-state index contributed by atoms with van der Waals surface area (Å²) in [6.45, 7) is 0.0586. The number of halogens is 2. The van der Waals surface area contributed by atoms with Gasteiger partial charge < -0.3 is 0 Å². The van der Waals surface area contributed by atoms with E-state index < -0.39 is 20.6 Å². The lowest BCUT2D eigenvalue weighted by atomic mass is 10.5. The fourth-order valence-electron chi connectivity index (χ4n) is 1.28. The smallest absolute Gasteiger partial charge is 0.258 e. The number of nitrogens with one attached hydrogen (secondary N) is 1. The summed E-state index contributed by atoms with van der Waals surface area (Å²) >= 11 is 13.3. The number of hydrogen-bond acceptors (Lipinski definition) is 6. The zero-order chi connectivity index (χ0) is 14.9. The molecule has 0 bridgehead atoms. The van der Waals surface area contributed by atoms with Crippen LogP contribution in [0, 0.1) is 10.1 Å². The maximum Gasteiger partial charge on any atom is 0.300 e. The summed E-state index contributed by atoms with van der Waals surface area (Å²) in [7, 11) is -3.84. The first kappa shape index (κ1) is 15.7. The molecular weight excluding hydrogens is 367 g/mol. The summed E-state index contributed by atoms with van der Waals surface area (Å²) in [6.07, 6.45) is 0. The second kappa shape index (κ2) is 5.96. The van der Waals surface area contributed by atoms with E-state index in [0.29, 0.717) is 15.7 Å². The van der Waals surface area contributed by atoms with Gasteiger partial charge in [0.15, 0.2) is 4.34 Å². The molecule has 0 spiro atoms. The van der Waals surface area contributed by atoms with Gasteiger partial charge in [-0.1, -0.05) is 23.2 Å². The van der Waals surface area contributed by atoms with Gasteiger partial charge in [0, 0.05) is 17.5 Å². The lowest BCUT2D eigenvalue weighted by molar-refractivity contribution is -0.384. The molecule has 11 heteroatoms. The number of nitrogens with zero attached hydrogens (tertiary/aromatic N) is 1. The Morgan fingerprint density at radius 3 is 2.50 bits per heavy atom. The number of sulfonamides is 1. The van der Waals surface area contributed by atoms with Crippen molar-refractivity contribution in [3.63, 3.8) is 0 Å². The van der Waals surface area contributed by atoms with Gasteiger partial charge in [-0.15, -0.1) is 22.7 Å². The molecule has 0 radical (unpaired) electrons. The van der Waals surface area contributed by atoms with Crippen molar-refractivity contribution in [2.75, 3.05) is 0 Å². The third-order valence-corrected chi connectivity index (χ3v) is 6.62. The molecule has 0 aliphatic heterocycles. The Kier molecular flexibility index (Phi) is 4.67. The van der Waals surface area contributed by atoms with E-state index in [2.05, 4.69) is 4.72 Å². The van der Waals surface area contributed by atoms with Crippen molar-refractivity contribution in [1.29, 1.82) is 0 Å². The Labute approximate surface area is 132 Å². The van der Waals surface area contributed by atoms with Gasteiger partial charge in [0.2, 0.25) is 0 Å². The third kappa shape index (κ3) is 3.48. The minimum absolute atomic E-state index is 0.0586. The summed E-state index contributed by atoms with van der Waals surface area (Å²) < 4.78 is 26.5. The molecule has 2 heterocycles.